The van der Waals surface area contributed by atoms with Crippen LogP contribution in [0.3, 0.4) is 0 Å². The van der Waals surface area contributed by atoms with Gasteiger partial charge in [-0.05, 0) is 32.0 Å². The Bertz CT molecular complexity index is 387. The molecule has 1 atom stereocenters. The van der Waals surface area contributed by atoms with Crippen LogP contribution in [0.15, 0.2) is 18.2 Å². The van der Waals surface area contributed by atoms with Crippen LogP contribution in [0.1, 0.15) is 30.9 Å². The molecule has 0 aromatic heterocycles. The first kappa shape index (κ1) is 14.4. The largest absolute Gasteiger partial charge is 0.496 e. The smallest absolute Gasteiger partial charge is 0.127 e. The molecule has 1 N–H and O–H groups in total. The van der Waals surface area contributed by atoms with Gasteiger partial charge in [-0.15, -0.1) is 12.3 Å². The predicted molar refractivity (Wildman–Crippen MR) is 74.0 cm³/mol. The molecule has 3 nitrogen and oxygen atoms in total. The van der Waals surface area contributed by atoms with Gasteiger partial charge in [0, 0.05) is 12.5 Å². The molecule has 0 bridgehead atoms. The third-order valence-electron chi connectivity index (χ3n) is 2.98. The Morgan fingerprint density at radius 2 is 1.89 bits per heavy atom. The Labute approximate surface area is 109 Å². The molecular weight excluding hydrogens is 226 g/mol. The molecule has 0 spiro atoms. The van der Waals surface area contributed by atoms with Gasteiger partial charge in [0.15, 0.2) is 0 Å². The molecular formula is C15H21NO2. The van der Waals surface area contributed by atoms with E-state index in [0.717, 1.165) is 36.3 Å². The van der Waals surface area contributed by atoms with E-state index in [2.05, 4.69) is 11.2 Å². The predicted octanol–water partition coefficient (Wildman–Crippen LogP) is 2.77. The molecule has 1 aromatic carbocycles. The minimum atomic E-state index is 0.185. The van der Waals surface area contributed by atoms with E-state index in [4.69, 9.17) is 15.9 Å². The lowest BCUT2D eigenvalue weighted by atomic mass is 9.99. The van der Waals surface area contributed by atoms with Crippen molar-refractivity contribution in [3.05, 3.63) is 23.8 Å². The lowest BCUT2D eigenvalue weighted by molar-refractivity contribution is 0.369. The van der Waals surface area contributed by atoms with Crippen molar-refractivity contribution < 1.29 is 9.47 Å². The number of terminal acetylenes is 1. The number of nitrogens with one attached hydrogen (secondary N) is 1. The maximum absolute atomic E-state index is 5.42. The first-order valence-corrected chi connectivity index (χ1v) is 6.10. The number of benzene rings is 1. The van der Waals surface area contributed by atoms with Gasteiger partial charge in [-0.1, -0.05) is 6.07 Å². The van der Waals surface area contributed by atoms with E-state index >= 15 is 0 Å². The minimum Gasteiger partial charge on any atom is -0.496 e. The highest BCUT2D eigenvalue weighted by atomic mass is 16.5. The topological polar surface area (TPSA) is 30.5 Å². The van der Waals surface area contributed by atoms with E-state index in [1.807, 2.05) is 25.2 Å². The van der Waals surface area contributed by atoms with Crippen molar-refractivity contribution in [2.45, 2.75) is 25.3 Å². The maximum atomic E-state index is 5.42. The van der Waals surface area contributed by atoms with Crippen LogP contribution in [0.5, 0.6) is 11.5 Å². The normalized spacial score (nSPS) is 11.7. The van der Waals surface area contributed by atoms with Crippen molar-refractivity contribution in [2.24, 2.45) is 0 Å². The Morgan fingerprint density at radius 1 is 1.28 bits per heavy atom. The van der Waals surface area contributed by atoms with E-state index in [1.165, 1.54) is 0 Å². The van der Waals surface area contributed by atoms with Gasteiger partial charge in [0.05, 0.1) is 19.8 Å². The number of hydrogen-bond acceptors (Lipinski definition) is 3. The van der Waals surface area contributed by atoms with Crippen molar-refractivity contribution in [1.82, 2.24) is 5.32 Å². The SMILES string of the molecule is C#CCCCC(NC)c1c(OC)cccc1OC. The van der Waals surface area contributed by atoms with Gasteiger partial charge < -0.3 is 14.8 Å². The van der Waals surface area contributed by atoms with Crippen LogP contribution in [-0.2, 0) is 0 Å². The van der Waals surface area contributed by atoms with E-state index in [1.54, 1.807) is 14.2 Å². The average molecular weight is 247 g/mol. The molecule has 0 saturated carbocycles. The quantitative estimate of drug-likeness (QED) is 0.593. The fraction of sp³-hybridized carbons (Fsp3) is 0.467. The second-order valence-corrected chi connectivity index (χ2v) is 4.01. The molecule has 0 radical (unpaired) electrons. The summed E-state index contributed by atoms with van der Waals surface area (Å²) in [5.74, 6) is 4.35. The van der Waals surface area contributed by atoms with Crippen LogP contribution in [-0.4, -0.2) is 21.3 Å². The second-order valence-electron chi connectivity index (χ2n) is 4.01. The van der Waals surface area contributed by atoms with E-state index in [9.17, 15) is 0 Å². The number of hydrogen-bond donors (Lipinski definition) is 1. The summed E-state index contributed by atoms with van der Waals surface area (Å²) in [6, 6.07) is 6.01. The highest BCUT2D eigenvalue weighted by molar-refractivity contribution is 5.47. The third kappa shape index (κ3) is 3.41. The molecule has 1 rings (SSSR count). The van der Waals surface area contributed by atoms with Gasteiger partial charge in [-0.2, -0.15) is 0 Å². The zero-order valence-electron chi connectivity index (χ0n) is 11.3. The molecule has 0 aliphatic heterocycles. The molecule has 0 fully saturated rings. The Hall–Kier alpha value is -1.66. The fourth-order valence-electron chi connectivity index (χ4n) is 2.06. The highest BCUT2D eigenvalue weighted by Gasteiger charge is 2.18. The molecule has 1 aromatic rings. The van der Waals surface area contributed by atoms with Gasteiger partial charge in [0.1, 0.15) is 11.5 Å². The first-order valence-electron chi connectivity index (χ1n) is 6.10. The molecule has 0 saturated heterocycles. The van der Waals surface area contributed by atoms with Gasteiger partial charge >= 0.3 is 0 Å². The maximum Gasteiger partial charge on any atom is 0.127 e. The number of ether oxygens (including phenoxy) is 2. The van der Waals surface area contributed by atoms with E-state index in [-0.39, 0.29) is 6.04 Å². The van der Waals surface area contributed by atoms with Crippen molar-refractivity contribution in [2.75, 3.05) is 21.3 Å². The van der Waals surface area contributed by atoms with Crippen LogP contribution >= 0.6 is 0 Å². The first-order chi connectivity index (χ1) is 8.78. The van der Waals surface area contributed by atoms with E-state index < -0.39 is 0 Å². The Kier molecular flexibility index (Phi) is 6.10. The Morgan fingerprint density at radius 3 is 2.33 bits per heavy atom. The van der Waals surface area contributed by atoms with Crippen molar-refractivity contribution >= 4 is 0 Å². The molecule has 0 heterocycles. The van der Waals surface area contributed by atoms with Gasteiger partial charge in [0.2, 0.25) is 0 Å². The van der Waals surface area contributed by atoms with Crippen LogP contribution in [0.25, 0.3) is 0 Å². The number of unbranched alkanes of at least 4 members (excludes halogenated alkanes) is 1. The van der Waals surface area contributed by atoms with Gasteiger partial charge in [0.25, 0.3) is 0 Å². The average Bonchev–Trinajstić information content (AvgIpc) is 2.43. The standard InChI is InChI=1S/C15H21NO2/c1-5-6-7-9-12(16-2)15-13(17-3)10-8-11-14(15)18-4/h1,8,10-12,16H,6-7,9H2,2-4H3. The zero-order chi connectivity index (χ0) is 13.4. The monoisotopic (exact) mass is 247 g/mol. The lowest BCUT2D eigenvalue weighted by Gasteiger charge is -2.21. The summed E-state index contributed by atoms with van der Waals surface area (Å²) in [7, 11) is 5.28. The molecule has 0 amide bonds. The van der Waals surface area contributed by atoms with E-state index in [0.29, 0.717) is 0 Å². The highest BCUT2D eigenvalue weighted by Crippen LogP contribution is 2.35. The summed E-state index contributed by atoms with van der Waals surface area (Å²) < 4.78 is 10.8. The van der Waals surface area contributed by atoms with Gasteiger partial charge in [-0.25, -0.2) is 0 Å². The third-order valence-corrected chi connectivity index (χ3v) is 2.98. The molecule has 1 unspecified atom stereocenters. The summed E-state index contributed by atoms with van der Waals surface area (Å²) in [6.07, 6.45) is 8.01. The Balaban J connectivity index is 2.99. The molecule has 0 aliphatic rings. The number of rotatable bonds is 7. The molecule has 3 heteroatoms. The summed E-state index contributed by atoms with van der Waals surface area (Å²) in [5, 5.41) is 3.30. The lowest BCUT2D eigenvalue weighted by Crippen LogP contribution is -2.18. The molecule has 0 aliphatic carbocycles. The second kappa shape index (κ2) is 7.62. The van der Waals surface area contributed by atoms with Gasteiger partial charge in [-0.3, -0.25) is 0 Å². The van der Waals surface area contributed by atoms with Crippen LogP contribution in [0, 0.1) is 12.3 Å². The summed E-state index contributed by atoms with van der Waals surface area (Å²) >= 11 is 0. The van der Waals surface area contributed by atoms with Crippen molar-refractivity contribution in [3.63, 3.8) is 0 Å². The van der Waals surface area contributed by atoms with Crippen LogP contribution < -0.4 is 14.8 Å². The minimum absolute atomic E-state index is 0.185. The molecule has 18 heavy (non-hydrogen) atoms. The van der Waals surface area contributed by atoms with Crippen molar-refractivity contribution in [1.29, 1.82) is 0 Å². The summed E-state index contributed by atoms with van der Waals surface area (Å²) in [4.78, 5) is 0. The summed E-state index contributed by atoms with van der Waals surface area (Å²) in [6.45, 7) is 0. The number of methoxy groups -OCH3 is 2. The van der Waals surface area contributed by atoms with Crippen LogP contribution in [0.4, 0.5) is 0 Å². The fourth-order valence-corrected chi connectivity index (χ4v) is 2.06. The van der Waals surface area contributed by atoms with Crippen molar-refractivity contribution in [3.8, 4) is 23.8 Å². The zero-order valence-corrected chi connectivity index (χ0v) is 11.3. The summed E-state index contributed by atoms with van der Waals surface area (Å²) in [5.41, 5.74) is 1.06. The van der Waals surface area contributed by atoms with Crippen LogP contribution in [0.2, 0.25) is 0 Å². The molecule has 98 valence electrons.